The van der Waals surface area contributed by atoms with Crippen LogP contribution in [0.1, 0.15) is 20.3 Å². The lowest BCUT2D eigenvalue weighted by Crippen LogP contribution is -2.31. The standard InChI is InChI=1S/C18H22N4O4S2/c1-3-21(4-2)28(25,26)15-7-5-14(6-8-15)22-12-13(11-16(22)23)17(24)20-18-19-9-10-27-18/h5-10,13H,3-4,11-12H2,1-2H3,(H,19,20,24)/t13-/m1/s1. The van der Waals surface area contributed by atoms with E-state index in [1.54, 1.807) is 37.6 Å². The van der Waals surface area contributed by atoms with Gasteiger partial charge in [0.1, 0.15) is 0 Å². The molecule has 0 radical (unpaired) electrons. The molecule has 2 aromatic rings. The first kappa shape index (κ1) is 20.4. The lowest BCUT2D eigenvalue weighted by atomic mass is 10.1. The van der Waals surface area contributed by atoms with Crippen molar-refractivity contribution < 1.29 is 18.0 Å². The van der Waals surface area contributed by atoms with Gasteiger partial charge in [-0.25, -0.2) is 13.4 Å². The van der Waals surface area contributed by atoms with Gasteiger partial charge in [-0.2, -0.15) is 4.31 Å². The number of rotatable bonds is 7. The lowest BCUT2D eigenvalue weighted by Gasteiger charge is -2.20. The summed E-state index contributed by atoms with van der Waals surface area (Å²) in [4.78, 5) is 30.4. The van der Waals surface area contributed by atoms with Crippen LogP contribution in [-0.2, 0) is 19.6 Å². The molecule has 1 atom stereocenters. The van der Waals surface area contributed by atoms with Gasteiger partial charge in [0, 0.05) is 43.3 Å². The van der Waals surface area contributed by atoms with E-state index in [1.807, 2.05) is 0 Å². The Morgan fingerprint density at radius 2 is 1.96 bits per heavy atom. The number of amides is 2. The van der Waals surface area contributed by atoms with Gasteiger partial charge in [-0.1, -0.05) is 13.8 Å². The van der Waals surface area contributed by atoms with E-state index >= 15 is 0 Å². The predicted octanol–water partition coefficient (Wildman–Crippen LogP) is 2.17. The fraction of sp³-hybridized carbons (Fsp3) is 0.389. The molecular weight excluding hydrogens is 400 g/mol. The number of nitrogens with one attached hydrogen (secondary N) is 1. The van der Waals surface area contributed by atoms with Crippen molar-refractivity contribution in [2.24, 2.45) is 5.92 Å². The summed E-state index contributed by atoms with van der Waals surface area (Å²) in [6.07, 6.45) is 1.71. The molecule has 2 heterocycles. The average Bonchev–Trinajstić information content (AvgIpc) is 3.32. The van der Waals surface area contributed by atoms with E-state index in [2.05, 4.69) is 10.3 Å². The minimum absolute atomic E-state index is 0.108. The first-order valence-corrected chi connectivity index (χ1v) is 11.3. The Bertz CT molecular complexity index is 938. The summed E-state index contributed by atoms with van der Waals surface area (Å²) < 4.78 is 26.5. The number of benzene rings is 1. The van der Waals surface area contributed by atoms with Crippen LogP contribution in [0.3, 0.4) is 0 Å². The molecule has 0 spiro atoms. The number of anilines is 2. The second-order valence-corrected chi connectivity index (χ2v) is 9.15. The molecule has 2 amide bonds. The third kappa shape index (κ3) is 4.08. The second-order valence-electron chi connectivity index (χ2n) is 6.32. The van der Waals surface area contributed by atoms with Gasteiger partial charge in [-0.3, -0.25) is 9.59 Å². The van der Waals surface area contributed by atoms with Gasteiger partial charge >= 0.3 is 0 Å². The SMILES string of the molecule is CCN(CC)S(=O)(=O)c1ccc(N2C[C@H](C(=O)Nc3nccs3)CC2=O)cc1. The van der Waals surface area contributed by atoms with Crippen molar-refractivity contribution in [1.82, 2.24) is 9.29 Å². The number of aromatic nitrogens is 1. The molecule has 10 heteroatoms. The highest BCUT2D eigenvalue weighted by atomic mass is 32.2. The van der Waals surface area contributed by atoms with Crippen LogP contribution >= 0.6 is 11.3 Å². The van der Waals surface area contributed by atoms with Crippen molar-refractivity contribution in [3.05, 3.63) is 35.8 Å². The molecule has 1 saturated heterocycles. The summed E-state index contributed by atoms with van der Waals surface area (Å²) in [7, 11) is -3.55. The van der Waals surface area contributed by atoms with Crippen LogP contribution in [0.2, 0.25) is 0 Å². The van der Waals surface area contributed by atoms with Crippen LogP contribution in [0.15, 0.2) is 40.7 Å². The summed E-state index contributed by atoms with van der Waals surface area (Å²) in [5.41, 5.74) is 0.577. The molecular formula is C18H22N4O4S2. The molecule has 1 aliphatic heterocycles. The topological polar surface area (TPSA) is 99.7 Å². The Labute approximate surface area is 168 Å². The number of nitrogens with zero attached hydrogens (tertiary/aromatic N) is 3. The van der Waals surface area contributed by atoms with Crippen molar-refractivity contribution in [2.45, 2.75) is 25.2 Å². The van der Waals surface area contributed by atoms with Crippen LogP contribution in [0.4, 0.5) is 10.8 Å². The van der Waals surface area contributed by atoms with Gasteiger partial charge < -0.3 is 10.2 Å². The number of carbonyl (C=O) groups is 2. The minimum Gasteiger partial charge on any atom is -0.312 e. The maximum atomic E-state index is 12.6. The normalized spacial score (nSPS) is 17.3. The molecule has 150 valence electrons. The number of thiazole rings is 1. The predicted molar refractivity (Wildman–Crippen MR) is 108 cm³/mol. The van der Waals surface area contributed by atoms with Gasteiger partial charge in [0.25, 0.3) is 0 Å². The van der Waals surface area contributed by atoms with Gasteiger partial charge in [0.2, 0.25) is 21.8 Å². The molecule has 0 saturated carbocycles. The molecule has 3 rings (SSSR count). The van der Waals surface area contributed by atoms with Gasteiger partial charge in [-0.15, -0.1) is 11.3 Å². The average molecular weight is 423 g/mol. The summed E-state index contributed by atoms with van der Waals surface area (Å²) in [6, 6.07) is 6.21. The molecule has 28 heavy (non-hydrogen) atoms. The third-order valence-electron chi connectivity index (χ3n) is 4.65. The summed E-state index contributed by atoms with van der Waals surface area (Å²) in [5.74, 6) is -0.888. The van der Waals surface area contributed by atoms with E-state index in [0.717, 1.165) is 0 Å². The van der Waals surface area contributed by atoms with E-state index < -0.39 is 15.9 Å². The number of sulfonamides is 1. The molecule has 1 aromatic heterocycles. The highest BCUT2D eigenvalue weighted by Crippen LogP contribution is 2.28. The van der Waals surface area contributed by atoms with Crippen LogP contribution in [0.5, 0.6) is 0 Å². The van der Waals surface area contributed by atoms with E-state index in [-0.39, 0.29) is 29.7 Å². The molecule has 1 aliphatic rings. The zero-order valence-corrected chi connectivity index (χ0v) is 17.3. The highest BCUT2D eigenvalue weighted by Gasteiger charge is 2.35. The quantitative estimate of drug-likeness (QED) is 0.737. The Morgan fingerprint density at radius 1 is 1.29 bits per heavy atom. The third-order valence-corrected chi connectivity index (χ3v) is 7.40. The zero-order chi connectivity index (χ0) is 20.3. The largest absolute Gasteiger partial charge is 0.312 e. The molecule has 0 bridgehead atoms. The van der Waals surface area contributed by atoms with Gasteiger partial charge in [0.05, 0.1) is 10.8 Å². The monoisotopic (exact) mass is 422 g/mol. The van der Waals surface area contributed by atoms with Crippen molar-refractivity contribution in [3.8, 4) is 0 Å². The van der Waals surface area contributed by atoms with Crippen LogP contribution < -0.4 is 10.2 Å². The maximum absolute atomic E-state index is 12.6. The number of carbonyl (C=O) groups excluding carboxylic acids is 2. The summed E-state index contributed by atoms with van der Waals surface area (Å²) >= 11 is 1.32. The highest BCUT2D eigenvalue weighted by molar-refractivity contribution is 7.89. The van der Waals surface area contributed by atoms with Crippen molar-refractivity contribution in [1.29, 1.82) is 0 Å². The van der Waals surface area contributed by atoms with Crippen LogP contribution in [0, 0.1) is 5.92 Å². The first-order chi connectivity index (χ1) is 13.4. The van der Waals surface area contributed by atoms with Gasteiger partial charge in [-0.05, 0) is 24.3 Å². The van der Waals surface area contributed by atoms with Crippen LogP contribution in [0.25, 0.3) is 0 Å². The van der Waals surface area contributed by atoms with Crippen molar-refractivity contribution in [2.75, 3.05) is 29.9 Å². The first-order valence-electron chi connectivity index (χ1n) is 8.97. The van der Waals surface area contributed by atoms with E-state index in [0.29, 0.717) is 23.9 Å². The summed E-state index contributed by atoms with van der Waals surface area (Å²) in [6.45, 7) is 4.60. The Kier molecular flexibility index (Phi) is 6.11. The van der Waals surface area contributed by atoms with E-state index in [4.69, 9.17) is 0 Å². The fourth-order valence-corrected chi connectivity index (χ4v) is 5.13. The fourth-order valence-electron chi connectivity index (χ4n) is 3.14. The van der Waals surface area contributed by atoms with Crippen LogP contribution in [-0.4, -0.2) is 49.2 Å². The van der Waals surface area contributed by atoms with Crippen molar-refractivity contribution in [3.63, 3.8) is 0 Å². The van der Waals surface area contributed by atoms with E-state index in [1.165, 1.54) is 32.7 Å². The summed E-state index contributed by atoms with van der Waals surface area (Å²) in [5, 5.41) is 4.98. The molecule has 1 N–H and O–H groups in total. The Hall–Kier alpha value is -2.30. The Morgan fingerprint density at radius 3 is 2.54 bits per heavy atom. The smallest absolute Gasteiger partial charge is 0.243 e. The second kappa shape index (κ2) is 8.38. The van der Waals surface area contributed by atoms with Crippen molar-refractivity contribution >= 4 is 44.0 Å². The lowest BCUT2D eigenvalue weighted by molar-refractivity contribution is -0.122. The van der Waals surface area contributed by atoms with E-state index in [9.17, 15) is 18.0 Å². The minimum atomic E-state index is -3.55. The molecule has 0 unspecified atom stereocenters. The molecule has 8 nitrogen and oxygen atoms in total. The molecule has 0 aliphatic carbocycles. The maximum Gasteiger partial charge on any atom is 0.243 e. The zero-order valence-electron chi connectivity index (χ0n) is 15.7. The molecule has 1 fully saturated rings. The number of hydrogen-bond donors (Lipinski definition) is 1. The number of hydrogen-bond acceptors (Lipinski definition) is 6. The Balaban J connectivity index is 1.72. The van der Waals surface area contributed by atoms with Gasteiger partial charge in [0.15, 0.2) is 5.13 Å². The molecule has 1 aromatic carbocycles.